The van der Waals surface area contributed by atoms with Gasteiger partial charge in [0.25, 0.3) is 0 Å². The van der Waals surface area contributed by atoms with Crippen molar-refractivity contribution in [1.29, 1.82) is 0 Å². The molecule has 0 unspecified atom stereocenters. The van der Waals surface area contributed by atoms with Crippen molar-refractivity contribution in [1.82, 2.24) is 20.5 Å². The third kappa shape index (κ3) is 2.20. The Labute approximate surface area is 94.1 Å². The highest BCUT2D eigenvalue weighted by atomic mass is 15.3. The zero-order valence-electron chi connectivity index (χ0n) is 9.20. The standard InChI is InChI=1S/C11H15N5/c1-13-7-6-8-4-2-3-5-9(8)10-14-11(12)16-15-10/h2-5,13H,6-7H2,1H3,(H3,12,14,15,16). The zero-order valence-corrected chi connectivity index (χ0v) is 9.20. The Balaban J connectivity index is 2.32. The number of rotatable bonds is 4. The van der Waals surface area contributed by atoms with Crippen molar-refractivity contribution < 1.29 is 0 Å². The van der Waals surface area contributed by atoms with E-state index in [4.69, 9.17) is 5.73 Å². The molecule has 0 aliphatic carbocycles. The van der Waals surface area contributed by atoms with Gasteiger partial charge in [-0.1, -0.05) is 24.3 Å². The number of H-pyrrole nitrogens is 1. The summed E-state index contributed by atoms with van der Waals surface area (Å²) in [4.78, 5) is 4.14. The number of nitrogens with one attached hydrogen (secondary N) is 2. The minimum absolute atomic E-state index is 0.276. The van der Waals surface area contributed by atoms with E-state index in [0.717, 1.165) is 24.4 Å². The molecule has 0 amide bonds. The lowest BCUT2D eigenvalue weighted by atomic mass is 10.0. The Hall–Kier alpha value is -1.88. The van der Waals surface area contributed by atoms with Crippen LogP contribution in [-0.2, 0) is 6.42 Å². The van der Waals surface area contributed by atoms with E-state index in [1.54, 1.807) is 0 Å². The molecule has 0 aliphatic heterocycles. The van der Waals surface area contributed by atoms with Crippen LogP contribution in [0.25, 0.3) is 11.4 Å². The molecular weight excluding hydrogens is 202 g/mol. The van der Waals surface area contributed by atoms with E-state index in [-0.39, 0.29) is 5.95 Å². The van der Waals surface area contributed by atoms with Crippen molar-refractivity contribution in [3.05, 3.63) is 29.8 Å². The molecule has 84 valence electrons. The summed E-state index contributed by atoms with van der Waals surface area (Å²) in [6.45, 7) is 0.931. The molecule has 1 aromatic carbocycles. The van der Waals surface area contributed by atoms with Crippen molar-refractivity contribution in [3.8, 4) is 11.4 Å². The Morgan fingerprint density at radius 1 is 1.38 bits per heavy atom. The molecule has 16 heavy (non-hydrogen) atoms. The summed E-state index contributed by atoms with van der Waals surface area (Å²) >= 11 is 0. The summed E-state index contributed by atoms with van der Waals surface area (Å²) in [6.07, 6.45) is 0.952. The lowest BCUT2D eigenvalue weighted by Gasteiger charge is -2.06. The lowest BCUT2D eigenvalue weighted by Crippen LogP contribution is -2.10. The van der Waals surface area contributed by atoms with Gasteiger partial charge in [0, 0.05) is 5.56 Å². The van der Waals surface area contributed by atoms with Crippen LogP contribution in [0.3, 0.4) is 0 Å². The summed E-state index contributed by atoms with van der Waals surface area (Å²) in [5, 5.41) is 9.80. The number of nitrogens with zero attached hydrogens (tertiary/aromatic N) is 2. The van der Waals surface area contributed by atoms with Gasteiger partial charge < -0.3 is 11.1 Å². The van der Waals surface area contributed by atoms with Crippen molar-refractivity contribution >= 4 is 5.95 Å². The number of hydrogen-bond donors (Lipinski definition) is 3. The fourth-order valence-corrected chi connectivity index (χ4v) is 1.62. The van der Waals surface area contributed by atoms with Crippen LogP contribution in [0.15, 0.2) is 24.3 Å². The van der Waals surface area contributed by atoms with Crippen LogP contribution >= 0.6 is 0 Å². The van der Waals surface area contributed by atoms with Gasteiger partial charge in [-0.2, -0.15) is 4.98 Å². The fourth-order valence-electron chi connectivity index (χ4n) is 1.62. The third-order valence-electron chi connectivity index (χ3n) is 2.42. The van der Waals surface area contributed by atoms with E-state index in [9.17, 15) is 0 Å². The number of hydrogen-bond acceptors (Lipinski definition) is 4. The molecule has 0 spiro atoms. The Morgan fingerprint density at radius 3 is 2.88 bits per heavy atom. The van der Waals surface area contributed by atoms with Gasteiger partial charge in [0.05, 0.1) is 0 Å². The molecule has 0 atom stereocenters. The third-order valence-corrected chi connectivity index (χ3v) is 2.42. The topological polar surface area (TPSA) is 79.6 Å². The molecule has 0 radical (unpaired) electrons. The number of nitrogen functional groups attached to an aromatic ring is 1. The van der Waals surface area contributed by atoms with Gasteiger partial charge in [0.15, 0.2) is 5.82 Å². The first kappa shape index (κ1) is 10.6. The summed E-state index contributed by atoms with van der Waals surface area (Å²) in [6, 6.07) is 8.11. The van der Waals surface area contributed by atoms with Crippen molar-refractivity contribution in [3.63, 3.8) is 0 Å². The second kappa shape index (κ2) is 4.76. The van der Waals surface area contributed by atoms with Gasteiger partial charge in [-0.3, -0.25) is 5.10 Å². The molecular formula is C11H15N5. The number of anilines is 1. The average Bonchev–Trinajstić information content (AvgIpc) is 2.73. The molecule has 0 aliphatic rings. The van der Waals surface area contributed by atoms with Crippen LogP contribution in [0.1, 0.15) is 5.56 Å². The SMILES string of the molecule is CNCCc1ccccc1-c1nc(N)n[nH]1. The van der Waals surface area contributed by atoms with Gasteiger partial charge >= 0.3 is 0 Å². The molecule has 2 rings (SSSR count). The predicted molar refractivity (Wildman–Crippen MR) is 63.9 cm³/mol. The van der Waals surface area contributed by atoms with Crippen molar-refractivity contribution in [2.75, 3.05) is 19.3 Å². The largest absolute Gasteiger partial charge is 0.366 e. The van der Waals surface area contributed by atoms with Gasteiger partial charge in [-0.05, 0) is 25.6 Å². The number of likely N-dealkylation sites (N-methyl/N-ethyl adjacent to an activating group) is 1. The van der Waals surface area contributed by atoms with Gasteiger partial charge in [0.2, 0.25) is 5.95 Å². The highest BCUT2D eigenvalue weighted by Gasteiger charge is 2.07. The van der Waals surface area contributed by atoms with Gasteiger partial charge in [-0.15, -0.1) is 5.10 Å². The summed E-state index contributed by atoms with van der Waals surface area (Å²) in [5.41, 5.74) is 7.79. The van der Waals surface area contributed by atoms with E-state index in [0.29, 0.717) is 0 Å². The van der Waals surface area contributed by atoms with E-state index < -0.39 is 0 Å². The first-order chi connectivity index (χ1) is 7.81. The van der Waals surface area contributed by atoms with E-state index in [2.05, 4.69) is 26.6 Å². The molecule has 5 nitrogen and oxygen atoms in total. The predicted octanol–water partition coefficient (Wildman–Crippen LogP) is 0.816. The van der Waals surface area contributed by atoms with Gasteiger partial charge in [0.1, 0.15) is 0 Å². The van der Waals surface area contributed by atoms with E-state index >= 15 is 0 Å². The minimum atomic E-state index is 0.276. The highest BCUT2D eigenvalue weighted by Crippen LogP contribution is 2.20. The van der Waals surface area contributed by atoms with Crippen LogP contribution < -0.4 is 11.1 Å². The smallest absolute Gasteiger partial charge is 0.239 e. The maximum absolute atomic E-state index is 5.50. The van der Waals surface area contributed by atoms with Crippen LogP contribution in [0.4, 0.5) is 5.95 Å². The summed E-state index contributed by atoms with van der Waals surface area (Å²) in [5.74, 6) is 1.00. The quantitative estimate of drug-likeness (QED) is 0.708. The molecule has 0 saturated heterocycles. The van der Waals surface area contributed by atoms with Crippen molar-refractivity contribution in [2.24, 2.45) is 0 Å². The molecule has 5 heteroatoms. The summed E-state index contributed by atoms with van der Waals surface area (Å²) < 4.78 is 0. The first-order valence-electron chi connectivity index (χ1n) is 5.22. The summed E-state index contributed by atoms with van der Waals surface area (Å²) in [7, 11) is 1.94. The molecule has 1 heterocycles. The van der Waals surface area contributed by atoms with Crippen LogP contribution in [0.2, 0.25) is 0 Å². The lowest BCUT2D eigenvalue weighted by molar-refractivity contribution is 0.792. The van der Waals surface area contributed by atoms with Crippen LogP contribution in [-0.4, -0.2) is 28.8 Å². The Kier molecular flexibility index (Phi) is 3.16. The fraction of sp³-hybridized carbons (Fsp3) is 0.273. The zero-order chi connectivity index (χ0) is 11.4. The number of nitrogens with two attached hydrogens (primary N) is 1. The monoisotopic (exact) mass is 217 g/mol. The van der Waals surface area contributed by atoms with Gasteiger partial charge in [-0.25, -0.2) is 0 Å². The van der Waals surface area contributed by atoms with Crippen LogP contribution in [0.5, 0.6) is 0 Å². The number of benzene rings is 1. The van der Waals surface area contributed by atoms with E-state index in [1.165, 1.54) is 5.56 Å². The maximum Gasteiger partial charge on any atom is 0.239 e. The highest BCUT2D eigenvalue weighted by molar-refractivity contribution is 5.60. The molecule has 0 saturated carbocycles. The Morgan fingerprint density at radius 2 is 2.19 bits per heavy atom. The number of aromatic nitrogens is 3. The minimum Gasteiger partial charge on any atom is -0.366 e. The molecule has 0 bridgehead atoms. The maximum atomic E-state index is 5.50. The normalized spacial score (nSPS) is 10.6. The van der Waals surface area contributed by atoms with E-state index in [1.807, 2.05) is 25.2 Å². The second-order valence-corrected chi connectivity index (χ2v) is 3.55. The van der Waals surface area contributed by atoms with Crippen LogP contribution in [0, 0.1) is 0 Å². The first-order valence-corrected chi connectivity index (χ1v) is 5.22. The molecule has 1 aromatic heterocycles. The number of aromatic amines is 1. The molecule has 4 N–H and O–H groups in total. The molecule has 0 fully saturated rings. The molecule has 2 aromatic rings. The second-order valence-electron chi connectivity index (χ2n) is 3.55. The average molecular weight is 217 g/mol. The Bertz CT molecular complexity index is 463. The van der Waals surface area contributed by atoms with Crippen molar-refractivity contribution in [2.45, 2.75) is 6.42 Å².